The maximum atomic E-state index is 8.53. The lowest BCUT2D eigenvalue weighted by Gasteiger charge is -1.92. The molecule has 90 valence electrons. The van der Waals surface area contributed by atoms with E-state index in [1.807, 2.05) is 0 Å². The summed E-state index contributed by atoms with van der Waals surface area (Å²) in [4.78, 5) is 0. The van der Waals surface area contributed by atoms with Crippen molar-refractivity contribution in [1.82, 2.24) is 0 Å². The first kappa shape index (κ1) is 15.1. The topological polar surface area (TPSA) is 47.6 Å². The van der Waals surface area contributed by atoms with Crippen LogP contribution in [0, 0.1) is 22.7 Å². The first-order chi connectivity index (χ1) is 8.31. The standard InChI is InChI=1S/C10H10N2S5/c11-3-1-5-14-9-10(15-6-2-4-12)17-8(7-13)16-9/h1-2,5-7H2/p+1. The van der Waals surface area contributed by atoms with Gasteiger partial charge in [0.2, 0.25) is 8.42 Å². The van der Waals surface area contributed by atoms with Crippen LogP contribution in [0.25, 0.3) is 0 Å². The Bertz CT molecular complexity index is 391. The van der Waals surface area contributed by atoms with E-state index in [1.165, 1.54) is 12.6 Å². The summed E-state index contributed by atoms with van der Waals surface area (Å²) in [5.74, 6) is 2.43. The predicted molar refractivity (Wildman–Crippen MR) is 81.2 cm³/mol. The zero-order valence-electron chi connectivity index (χ0n) is 9.01. The summed E-state index contributed by atoms with van der Waals surface area (Å²) in [6, 6.07) is 4.31. The number of nitrogens with zero attached hydrogens (tertiary/aromatic N) is 2. The van der Waals surface area contributed by atoms with Crippen LogP contribution in [-0.2, 0) is 5.75 Å². The smallest absolute Gasteiger partial charge is 0.198 e. The normalized spacial score (nSPS) is 9.82. The van der Waals surface area contributed by atoms with Crippen molar-refractivity contribution in [1.29, 1.82) is 10.5 Å². The molecule has 0 aliphatic carbocycles. The summed E-state index contributed by atoms with van der Waals surface area (Å²) in [5.41, 5.74) is 0. The molecule has 0 atom stereocenters. The van der Waals surface area contributed by atoms with E-state index in [1.54, 1.807) is 46.2 Å². The monoisotopic (exact) mass is 319 g/mol. The fourth-order valence-electron chi connectivity index (χ4n) is 0.931. The van der Waals surface area contributed by atoms with E-state index in [0.29, 0.717) is 12.8 Å². The van der Waals surface area contributed by atoms with Gasteiger partial charge in [-0.2, -0.15) is 23.2 Å². The van der Waals surface area contributed by atoms with Gasteiger partial charge in [-0.05, 0) is 0 Å². The van der Waals surface area contributed by atoms with Gasteiger partial charge < -0.3 is 0 Å². The molecule has 0 fully saturated rings. The molecule has 0 bridgehead atoms. The third-order valence-electron chi connectivity index (χ3n) is 1.60. The van der Waals surface area contributed by atoms with Crippen LogP contribution in [-0.4, -0.2) is 11.5 Å². The molecule has 0 N–H and O–H groups in total. The fraction of sp³-hybridized carbons (Fsp3) is 0.500. The van der Waals surface area contributed by atoms with Crippen LogP contribution in [0.3, 0.4) is 0 Å². The Hall–Kier alpha value is 0.0800. The van der Waals surface area contributed by atoms with Crippen LogP contribution in [0.4, 0.5) is 0 Å². The van der Waals surface area contributed by atoms with Crippen LogP contribution in [0.5, 0.6) is 0 Å². The van der Waals surface area contributed by atoms with Gasteiger partial charge in [0.25, 0.3) is 4.19 Å². The number of nitriles is 2. The second-order valence-electron chi connectivity index (χ2n) is 2.82. The lowest BCUT2D eigenvalue weighted by Crippen LogP contribution is -1.77. The molecule has 1 aromatic heterocycles. The first-order valence-electron chi connectivity index (χ1n) is 4.88. The minimum Gasteiger partial charge on any atom is -0.198 e. The largest absolute Gasteiger partial charge is 0.266 e. The Labute approximate surface area is 123 Å². The minimum absolute atomic E-state index is 0.575. The van der Waals surface area contributed by atoms with Crippen molar-refractivity contribution in [2.24, 2.45) is 0 Å². The number of hydrogen-bond acceptors (Lipinski definition) is 6. The lowest BCUT2D eigenvalue weighted by molar-refractivity contribution is 1.23. The molecule has 0 aliphatic rings. The molecule has 0 aromatic carbocycles. The van der Waals surface area contributed by atoms with Gasteiger partial charge in [0, 0.05) is 24.3 Å². The highest BCUT2D eigenvalue weighted by molar-refractivity contribution is 8.05. The first-order valence-corrected chi connectivity index (χ1v) is 9.11. The molecule has 1 aromatic rings. The van der Waals surface area contributed by atoms with Crippen LogP contribution in [0.2, 0.25) is 0 Å². The lowest BCUT2D eigenvalue weighted by atomic mass is 10.6. The van der Waals surface area contributed by atoms with Crippen LogP contribution in [0.15, 0.2) is 8.42 Å². The van der Waals surface area contributed by atoms with Gasteiger partial charge in [-0.15, -0.1) is 0 Å². The van der Waals surface area contributed by atoms with Crippen molar-refractivity contribution in [2.45, 2.75) is 27.0 Å². The molecule has 0 amide bonds. The van der Waals surface area contributed by atoms with E-state index in [9.17, 15) is 0 Å². The van der Waals surface area contributed by atoms with E-state index in [4.69, 9.17) is 10.5 Å². The summed E-state index contributed by atoms with van der Waals surface area (Å²) in [6.45, 7) is 0. The van der Waals surface area contributed by atoms with E-state index in [-0.39, 0.29) is 0 Å². The minimum atomic E-state index is 0.575. The highest BCUT2D eigenvalue weighted by Crippen LogP contribution is 2.43. The molecule has 0 spiro atoms. The summed E-state index contributed by atoms with van der Waals surface area (Å²) < 4.78 is 3.83. The van der Waals surface area contributed by atoms with Gasteiger partial charge in [-0.25, -0.2) is 0 Å². The molecule has 1 rings (SSSR count). The number of thioether (sulfide) groups is 2. The Kier molecular flexibility index (Phi) is 8.08. The third-order valence-corrected chi connectivity index (χ3v) is 7.84. The number of hydrogen-bond donors (Lipinski definition) is 1. The molecule has 17 heavy (non-hydrogen) atoms. The van der Waals surface area contributed by atoms with Crippen LogP contribution in [0.1, 0.15) is 17.0 Å². The average Bonchev–Trinajstić information content (AvgIpc) is 2.73. The third kappa shape index (κ3) is 5.50. The highest BCUT2D eigenvalue weighted by atomic mass is 32.2. The van der Waals surface area contributed by atoms with E-state index in [0.717, 1.165) is 17.3 Å². The van der Waals surface area contributed by atoms with Crippen molar-refractivity contribution >= 4 is 58.8 Å². The second-order valence-corrected chi connectivity index (χ2v) is 8.33. The summed E-state index contributed by atoms with van der Waals surface area (Å²) in [6.07, 6.45) is 1.15. The van der Waals surface area contributed by atoms with Gasteiger partial charge in [-0.3, -0.25) is 0 Å². The molecule has 0 saturated heterocycles. The van der Waals surface area contributed by atoms with Crippen molar-refractivity contribution in [3.8, 4) is 12.1 Å². The molecule has 7 heteroatoms. The van der Waals surface area contributed by atoms with Gasteiger partial charge in [-0.1, -0.05) is 23.5 Å². The van der Waals surface area contributed by atoms with Crippen LogP contribution < -0.4 is 0 Å². The summed E-state index contributed by atoms with van der Waals surface area (Å²) >= 11 is 11.3. The van der Waals surface area contributed by atoms with Gasteiger partial charge in [0.15, 0.2) is 0 Å². The molecule has 0 radical (unpaired) electrons. The average molecular weight is 320 g/mol. The van der Waals surface area contributed by atoms with Gasteiger partial charge in [0.1, 0.15) is 0 Å². The van der Waals surface area contributed by atoms with Gasteiger partial charge >= 0.3 is 0 Å². The van der Waals surface area contributed by atoms with E-state index in [2.05, 4.69) is 24.8 Å². The predicted octanol–water partition coefficient (Wildman–Crippen LogP) is 4.53. The second kappa shape index (κ2) is 9.07. The Morgan fingerprint density at radius 2 is 1.82 bits per heavy atom. The quantitative estimate of drug-likeness (QED) is 0.347. The Morgan fingerprint density at radius 1 is 1.18 bits per heavy atom. The molecular formula is C10H11N2S5+. The van der Waals surface area contributed by atoms with Crippen molar-refractivity contribution < 1.29 is 0 Å². The van der Waals surface area contributed by atoms with Gasteiger partial charge in [0.05, 0.1) is 40.6 Å². The Morgan fingerprint density at radius 3 is 2.41 bits per heavy atom. The van der Waals surface area contributed by atoms with Crippen molar-refractivity contribution in [2.75, 3.05) is 11.5 Å². The Balaban J connectivity index is 2.62. The molecule has 2 nitrogen and oxygen atoms in total. The number of thiol groups is 1. The molecule has 0 aliphatic heterocycles. The van der Waals surface area contributed by atoms with Crippen molar-refractivity contribution in [3.63, 3.8) is 0 Å². The molecule has 0 unspecified atom stereocenters. The fourth-order valence-corrected chi connectivity index (χ4v) is 6.79. The van der Waals surface area contributed by atoms with E-state index < -0.39 is 0 Å². The zero-order chi connectivity index (χ0) is 12.5. The maximum Gasteiger partial charge on any atom is 0.266 e. The zero-order valence-corrected chi connectivity index (χ0v) is 13.2. The number of rotatable bonds is 7. The summed E-state index contributed by atoms with van der Waals surface area (Å²) in [7, 11) is 0. The van der Waals surface area contributed by atoms with E-state index >= 15 is 0 Å². The SMILES string of the molecule is N#CCCSc1sc(CS)[s+]c1SCCC#N. The molecular weight excluding hydrogens is 308 g/mol. The molecule has 1 heterocycles. The molecule has 0 saturated carbocycles. The highest BCUT2D eigenvalue weighted by Gasteiger charge is 2.22. The maximum absolute atomic E-state index is 8.53. The van der Waals surface area contributed by atoms with Crippen molar-refractivity contribution in [3.05, 3.63) is 4.19 Å². The summed E-state index contributed by atoms with van der Waals surface area (Å²) in [5, 5.41) is 17.1. The van der Waals surface area contributed by atoms with Crippen LogP contribution >= 0.6 is 58.8 Å².